The summed E-state index contributed by atoms with van der Waals surface area (Å²) < 4.78 is 6.35. The van der Waals surface area contributed by atoms with E-state index in [0.29, 0.717) is 5.82 Å². The average Bonchev–Trinajstić information content (AvgIpc) is 3.45. The molecule has 3 heterocycles. The van der Waals surface area contributed by atoms with Gasteiger partial charge in [-0.2, -0.15) is 5.21 Å². The Labute approximate surface area is 164 Å². The van der Waals surface area contributed by atoms with Crippen LogP contribution in [0, 0.1) is 0 Å². The number of tetrazole rings is 1. The molecule has 3 aromatic rings. The number of nitrogens with one attached hydrogen (secondary N) is 1. The molecule has 1 aliphatic heterocycles. The monoisotopic (exact) mass is 375 g/mol. The van der Waals surface area contributed by atoms with Crippen molar-refractivity contribution in [1.82, 2.24) is 25.6 Å². The normalized spacial score (nSPS) is 21.6. The highest BCUT2D eigenvalue weighted by Crippen LogP contribution is 2.47. The molecule has 1 aromatic carbocycles. The fourth-order valence-corrected chi connectivity index (χ4v) is 4.81. The molecule has 1 N–H and O–H groups in total. The maximum Gasteiger partial charge on any atom is 0.207 e. The smallest absolute Gasteiger partial charge is 0.207 e. The van der Waals surface area contributed by atoms with Gasteiger partial charge in [0.1, 0.15) is 5.60 Å². The molecule has 1 unspecified atom stereocenters. The van der Waals surface area contributed by atoms with Crippen LogP contribution in [-0.2, 0) is 23.2 Å². The molecule has 6 heteroatoms. The van der Waals surface area contributed by atoms with Crippen molar-refractivity contribution in [3.63, 3.8) is 0 Å². The summed E-state index contributed by atoms with van der Waals surface area (Å²) in [4.78, 5) is 5.23. The van der Waals surface area contributed by atoms with Crippen LogP contribution in [-0.4, -0.2) is 32.2 Å². The number of pyridine rings is 1. The highest BCUT2D eigenvalue weighted by molar-refractivity contribution is 5.85. The largest absolute Gasteiger partial charge is 0.369 e. The van der Waals surface area contributed by atoms with Crippen LogP contribution < -0.4 is 0 Å². The number of fused-ring (bicyclic) bond motifs is 1. The maximum absolute atomic E-state index is 6.35. The standard InChI is InChI=1S/C22H25N5O/c1-2-22(13-8-14-28-22)20-19(21-24-26-27-25-21)18(15-9-4-3-5-10-15)16-11-6-7-12-17(16)23-20/h3-5,9-10H,2,6-8,11-14H2,1H3,(H,24,25,26,27). The van der Waals surface area contributed by atoms with E-state index in [4.69, 9.17) is 9.72 Å². The van der Waals surface area contributed by atoms with Crippen LogP contribution in [0.2, 0.25) is 0 Å². The summed E-state index contributed by atoms with van der Waals surface area (Å²) in [7, 11) is 0. The number of benzene rings is 1. The molecule has 2 aliphatic rings. The molecule has 1 aliphatic carbocycles. The molecule has 5 rings (SSSR count). The molecule has 28 heavy (non-hydrogen) atoms. The van der Waals surface area contributed by atoms with Crippen LogP contribution in [0.1, 0.15) is 56.0 Å². The number of nitrogens with zero attached hydrogens (tertiary/aromatic N) is 4. The van der Waals surface area contributed by atoms with Crippen molar-refractivity contribution >= 4 is 0 Å². The number of rotatable bonds is 4. The van der Waals surface area contributed by atoms with Crippen LogP contribution in [0.15, 0.2) is 30.3 Å². The number of aromatic nitrogens is 5. The zero-order chi connectivity index (χ0) is 19.0. The first-order valence-electron chi connectivity index (χ1n) is 10.3. The Bertz CT molecular complexity index is 962. The molecule has 2 aromatic heterocycles. The van der Waals surface area contributed by atoms with E-state index in [1.165, 1.54) is 35.2 Å². The molecule has 1 fully saturated rings. The Morgan fingerprint density at radius 1 is 1.07 bits per heavy atom. The summed E-state index contributed by atoms with van der Waals surface area (Å²) in [6.07, 6.45) is 7.36. The molecular weight excluding hydrogens is 350 g/mol. The van der Waals surface area contributed by atoms with Crippen LogP contribution >= 0.6 is 0 Å². The van der Waals surface area contributed by atoms with Crippen LogP contribution in [0.3, 0.4) is 0 Å². The van der Waals surface area contributed by atoms with E-state index < -0.39 is 0 Å². The Morgan fingerprint density at radius 2 is 1.93 bits per heavy atom. The quantitative estimate of drug-likeness (QED) is 0.739. The number of ether oxygens (including phenoxy) is 1. The van der Waals surface area contributed by atoms with Gasteiger partial charge in [-0.15, -0.1) is 10.2 Å². The maximum atomic E-state index is 6.35. The lowest BCUT2D eigenvalue weighted by Gasteiger charge is -2.32. The van der Waals surface area contributed by atoms with E-state index >= 15 is 0 Å². The number of hydrogen-bond donors (Lipinski definition) is 1. The van der Waals surface area contributed by atoms with Crippen molar-refractivity contribution in [2.75, 3.05) is 6.61 Å². The average molecular weight is 375 g/mol. The molecule has 0 amide bonds. The molecule has 1 atom stereocenters. The predicted molar refractivity (Wildman–Crippen MR) is 107 cm³/mol. The molecule has 0 radical (unpaired) electrons. The molecule has 0 bridgehead atoms. The van der Waals surface area contributed by atoms with Gasteiger partial charge >= 0.3 is 0 Å². The SMILES string of the molecule is CCC1(c2nc3c(c(-c4ccccc4)c2-c2nn[nH]n2)CCCC3)CCCO1. The first-order chi connectivity index (χ1) is 13.8. The zero-order valence-electron chi connectivity index (χ0n) is 16.2. The van der Waals surface area contributed by atoms with E-state index in [2.05, 4.69) is 57.9 Å². The van der Waals surface area contributed by atoms with Gasteiger partial charge in [0.15, 0.2) is 0 Å². The summed E-state index contributed by atoms with van der Waals surface area (Å²) in [5.74, 6) is 0.609. The van der Waals surface area contributed by atoms with Crippen LogP contribution in [0.25, 0.3) is 22.5 Å². The summed E-state index contributed by atoms with van der Waals surface area (Å²) in [6.45, 7) is 2.97. The lowest BCUT2D eigenvalue weighted by molar-refractivity contribution is -0.00636. The second kappa shape index (κ2) is 7.09. The zero-order valence-corrected chi connectivity index (χ0v) is 16.2. The molecule has 6 nitrogen and oxygen atoms in total. The molecule has 1 saturated heterocycles. The Kier molecular flexibility index (Phi) is 4.43. The van der Waals surface area contributed by atoms with Crippen LogP contribution in [0.4, 0.5) is 0 Å². The van der Waals surface area contributed by atoms with Crippen molar-refractivity contribution in [1.29, 1.82) is 0 Å². The van der Waals surface area contributed by atoms with Gasteiger partial charge in [0, 0.05) is 12.3 Å². The fourth-order valence-electron chi connectivity index (χ4n) is 4.81. The van der Waals surface area contributed by atoms with Crippen LogP contribution in [0.5, 0.6) is 0 Å². The van der Waals surface area contributed by atoms with Crippen molar-refractivity contribution < 1.29 is 4.74 Å². The lowest BCUT2D eigenvalue weighted by Crippen LogP contribution is -2.28. The second-order valence-electron chi connectivity index (χ2n) is 7.74. The second-order valence-corrected chi connectivity index (χ2v) is 7.74. The third-order valence-corrected chi connectivity index (χ3v) is 6.21. The number of aromatic amines is 1. The highest BCUT2D eigenvalue weighted by atomic mass is 16.5. The van der Waals surface area contributed by atoms with E-state index in [1.54, 1.807) is 0 Å². The first kappa shape index (κ1) is 17.5. The number of aryl methyl sites for hydroxylation is 1. The topological polar surface area (TPSA) is 76.6 Å². The van der Waals surface area contributed by atoms with Crippen molar-refractivity contribution in [3.8, 4) is 22.5 Å². The van der Waals surface area contributed by atoms with E-state index in [0.717, 1.165) is 50.0 Å². The highest BCUT2D eigenvalue weighted by Gasteiger charge is 2.41. The predicted octanol–water partition coefficient (Wildman–Crippen LogP) is 4.22. The van der Waals surface area contributed by atoms with Gasteiger partial charge in [0.05, 0.1) is 11.3 Å². The van der Waals surface area contributed by atoms with Gasteiger partial charge in [-0.25, -0.2) is 0 Å². The van der Waals surface area contributed by atoms with Gasteiger partial charge in [0.2, 0.25) is 5.82 Å². The van der Waals surface area contributed by atoms with Gasteiger partial charge in [-0.3, -0.25) is 4.98 Å². The van der Waals surface area contributed by atoms with E-state index in [9.17, 15) is 0 Å². The Hall–Kier alpha value is -2.60. The minimum atomic E-state index is -0.369. The number of H-pyrrole nitrogens is 1. The summed E-state index contributed by atoms with van der Waals surface area (Å²) in [5.41, 5.74) is 6.57. The minimum absolute atomic E-state index is 0.369. The molecular formula is C22H25N5O. The van der Waals surface area contributed by atoms with Gasteiger partial charge < -0.3 is 4.74 Å². The molecule has 0 saturated carbocycles. The van der Waals surface area contributed by atoms with E-state index in [-0.39, 0.29) is 5.60 Å². The Balaban J connectivity index is 1.87. The van der Waals surface area contributed by atoms with Gasteiger partial charge in [0.25, 0.3) is 0 Å². The summed E-state index contributed by atoms with van der Waals surface area (Å²) >= 11 is 0. The molecule has 0 spiro atoms. The van der Waals surface area contributed by atoms with Gasteiger partial charge in [-0.05, 0) is 66.8 Å². The van der Waals surface area contributed by atoms with Crippen molar-refractivity contribution in [2.24, 2.45) is 0 Å². The lowest BCUT2D eigenvalue weighted by atomic mass is 9.81. The Morgan fingerprint density at radius 3 is 2.64 bits per heavy atom. The summed E-state index contributed by atoms with van der Waals surface area (Å²) in [5, 5.41) is 15.2. The molecule has 144 valence electrons. The summed E-state index contributed by atoms with van der Waals surface area (Å²) in [6, 6.07) is 10.6. The fraction of sp³-hybridized carbons (Fsp3) is 0.455. The van der Waals surface area contributed by atoms with Crippen molar-refractivity contribution in [3.05, 3.63) is 47.3 Å². The third kappa shape index (κ3) is 2.75. The van der Waals surface area contributed by atoms with Crippen molar-refractivity contribution in [2.45, 2.75) is 57.5 Å². The third-order valence-electron chi connectivity index (χ3n) is 6.21. The first-order valence-corrected chi connectivity index (χ1v) is 10.3. The minimum Gasteiger partial charge on any atom is -0.369 e. The van der Waals surface area contributed by atoms with E-state index in [1.807, 2.05) is 0 Å². The number of hydrogen-bond acceptors (Lipinski definition) is 5. The van der Waals surface area contributed by atoms with Gasteiger partial charge in [-0.1, -0.05) is 37.3 Å².